The van der Waals surface area contributed by atoms with Gasteiger partial charge in [-0.05, 0) is 18.2 Å². The minimum absolute atomic E-state index is 0.0477. The molecule has 0 saturated heterocycles. The van der Waals surface area contributed by atoms with Crippen LogP contribution in [0.15, 0.2) is 30.3 Å². The van der Waals surface area contributed by atoms with Crippen LogP contribution >= 0.6 is 46.4 Å². The molecule has 0 spiro atoms. The van der Waals surface area contributed by atoms with E-state index < -0.39 is 23.4 Å². The normalized spacial score (nSPS) is 10.3. The lowest BCUT2D eigenvalue weighted by Crippen LogP contribution is -2.21. The summed E-state index contributed by atoms with van der Waals surface area (Å²) in [5.41, 5.74) is -0.398. The highest BCUT2D eigenvalue weighted by Gasteiger charge is 2.18. The van der Waals surface area contributed by atoms with Crippen molar-refractivity contribution in [3.63, 3.8) is 0 Å². The highest BCUT2D eigenvalue weighted by molar-refractivity contribution is 6.44. The Balaban J connectivity index is 2.04. The molecule has 2 aromatic carbocycles. The summed E-state index contributed by atoms with van der Waals surface area (Å²) in [4.78, 5) is 33.9. The van der Waals surface area contributed by atoms with Crippen molar-refractivity contribution < 1.29 is 19.2 Å². The van der Waals surface area contributed by atoms with Crippen molar-refractivity contribution in [2.75, 3.05) is 11.9 Å². The molecule has 136 valence electrons. The Labute approximate surface area is 166 Å². The quantitative estimate of drug-likeness (QED) is 0.307. The van der Waals surface area contributed by atoms with Crippen LogP contribution in [0.25, 0.3) is 0 Å². The Kier molecular flexibility index (Phi) is 6.66. The van der Waals surface area contributed by atoms with E-state index in [2.05, 4.69) is 5.32 Å². The molecule has 2 aromatic rings. The molecule has 26 heavy (non-hydrogen) atoms. The third-order valence-corrected chi connectivity index (χ3v) is 4.36. The summed E-state index contributed by atoms with van der Waals surface area (Å²) in [7, 11) is 0. The number of nitrogens with one attached hydrogen (secondary N) is 1. The number of hydrogen-bond acceptors (Lipinski definition) is 5. The van der Waals surface area contributed by atoms with Gasteiger partial charge < -0.3 is 10.1 Å². The molecule has 0 aliphatic rings. The van der Waals surface area contributed by atoms with Gasteiger partial charge in [0.25, 0.3) is 11.6 Å². The summed E-state index contributed by atoms with van der Waals surface area (Å²) in [5, 5.41) is 13.6. The number of nitrogens with zero attached hydrogens (tertiary/aromatic N) is 1. The van der Waals surface area contributed by atoms with Gasteiger partial charge >= 0.3 is 5.97 Å². The summed E-state index contributed by atoms with van der Waals surface area (Å²) in [6.45, 7) is -0.672. The van der Waals surface area contributed by atoms with Gasteiger partial charge in [0, 0.05) is 12.1 Å². The number of amides is 1. The molecule has 1 amide bonds. The number of nitro benzene ring substituents is 1. The number of carbonyl (C=O) groups is 2. The lowest BCUT2D eigenvalue weighted by atomic mass is 10.2. The number of anilines is 1. The van der Waals surface area contributed by atoms with Gasteiger partial charge in [-0.1, -0.05) is 46.4 Å². The van der Waals surface area contributed by atoms with E-state index in [9.17, 15) is 19.7 Å². The molecule has 0 unspecified atom stereocenters. The number of ether oxygens (including phenoxy) is 1. The SMILES string of the molecule is O=C(COC(=O)c1cc([N+](=O)[O-])ccc1Cl)Nc1cc(Cl)c(Cl)cc1Cl. The summed E-state index contributed by atoms with van der Waals surface area (Å²) >= 11 is 23.4. The fourth-order valence-corrected chi connectivity index (χ4v) is 2.59. The molecule has 7 nitrogen and oxygen atoms in total. The van der Waals surface area contributed by atoms with Crippen molar-refractivity contribution in [2.24, 2.45) is 0 Å². The fourth-order valence-electron chi connectivity index (χ4n) is 1.80. The maximum absolute atomic E-state index is 12.0. The molecule has 0 aliphatic heterocycles. The lowest BCUT2D eigenvalue weighted by Gasteiger charge is -2.09. The van der Waals surface area contributed by atoms with Crippen LogP contribution in [0.2, 0.25) is 20.1 Å². The van der Waals surface area contributed by atoms with Crippen molar-refractivity contribution in [3.05, 3.63) is 66.1 Å². The van der Waals surface area contributed by atoms with Crippen LogP contribution in [0, 0.1) is 10.1 Å². The molecule has 1 N–H and O–H groups in total. The Morgan fingerprint density at radius 3 is 2.31 bits per heavy atom. The first-order chi connectivity index (χ1) is 12.2. The number of carbonyl (C=O) groups excluding carboxylic acids is 2. The third-order valence-electron chi connectivity index (χ3n) is 3.00. The Hall–Kier alpha value is -2.06. The molecular weight excluding hydrogens is 430 g/mol. The van der Waals surface area contributed by atoms with Gasteiger partial charge in [-0.2, -0.15) is 0 Å². The maximum Gasteiger partial charge on any atom is 0.340 e. The van der Waals surface area contributed by atoms with Crippen molar-refractivity contribution in [3.8, 4) is 0 Å². The predicted octanol–water partition coefficient (Wildman–Crippen LogP) is 5.00. The number of hydrogen-bond donors (Lipinski definition) is 1. The van der Waals surface area contributed by atoms with Crippen molar-refractivity contribution in [1.29, 1.82) is 0 Å². The molecule has 0 heterocycles. The molecule has 0 saturated carbocycles. The number of halogens is 4. The van der Waals surface area contributed by atoms with Gasteiger partial charge in [0.05, 0.1) is 36.3 Å². The van der Waals surface area contributed by atoms with Gasteiger partial charge in [-0.3, -0.25) is 14.9 Å². The van der Waals surface area contributed by atoms with Gasteiger partial charge in [0.15, 0.2) is 6.61 Å². The van der Waals surface area contributed by atoms with E-state index >= 15 is 0 Å². The highest BCUT2D eigenvalue weighted by atomic mass is 35.5. The van der Waals surface area contributed by atoms with Crippen molar-refractivity contribution >= 4 is 69.7 Å². The molecule has 11 heteroatoms. The zero-order valence-corrected chi connectivity index (χ0v) is 15.6. The van der Waals surface area contributed by atoms with Crippen molar-refractivity contribution in [2.45, 2.75) is 0 Å². The van der Waals surface area contributed by atoms with E-state index in [0.717, 1.165) is 12.1 Å². The largest absolute Gasteiger partial charge is 0.452 e. The molecular formula is C15H8Cl4N2O5. The second-order valence-electron chi connectivity index (χ2n) is 4.79. The van der Waals surface area contributed by atoms with Gasteiger partial charge in [-0.25, -0.2) is 4.79 Å². The lowest BCUT2D eigenvalue weighted by molar-refractivity contribution is -0.384. The smallest absolute Gasteiger partial charge is 0.340 e. The van der Waals surface area contributed by atoms with Crippen LogP contribution in [-0.2, 0) is 9.53 Å². The van der Waals surface area contributed by atoms with E-state index in [4.69, 9.17) is 51.1 Å². The van der Waals surface area contributed by atoms with E-state index in [0.29, 0.717) is 0 Å². The topological polar surface area (TPSA) is 98.5 Å². The van der Waals surface area contributed by atoms with Crippen LogP contribution < -0.4 is 5.32 Å². The Bertz CT molecular complexity index is 904. The number of esters is 1. The van der Waals surface area contributed by atoms with E-state index in [1.807, 2.05) is 0 Å². The number of non-ortho nitro benzene ring substituents is 1. The fraction of sp³-hybridized carbons (Fsp3) is 0.0667. The average molecular weight is 438 g/mol. The molecule has 0 atom stereocenters. The van der Waals surface area contributed by atoms with E-state index in [-0.39, 0.29) is 37.0 Å². The Morgan fingerprint density at radius 2 is 1.65 bits per heavy atom. The molecule has 0 bridgehead atoms. The highest BCUT2D eigenvalue weighted by Crippen LogP contribution is 2.32. The second kappa shape index (κ2) is 8.55. The minimum Gasteiger partial charge on any atom is -0.452 e. The van der Waals surface area contributed by atoms with E-state index in [1.165, 1.54) is 18.2 Å². The van der Waals surface area contributed by atoms with Gasteiger partial charge in [0.1, 0.15) is 0 Å². The monoisotopic (exact) mass is 436 g/mol. The molecule has 2 rings (SSSR count). The maximum atomic E-state index is 12.0. The number of rotatable bonds is 5. The predicted molar refractivity (Wildman–Crippen MR) is 98.5 cm³/mol. The minimum atomic E-state index is -0.992. The zero-order valence-electron chi connectivity index (χ0n) is 12.6. The summed E-state index contributed by atoms with van der Waals surface area (Å²) in [6, 6.07) is 5.96. The summed E-state index contributed by atoms with van der Waals surface area (Å²) in [6.07, 6.45) is 0. The molecule has 0 fully saturated rings. The van der Waals surface area contributed by atoms with Gasteiger partial charge in [0.2, 0.25) is 0 Å². The van der Waals surface area contributed by atoms with Gasteiger partial charge in [-0.15, -0.1) is 0 Å². The standard InChI is InChI=1S/C15H8Cl4N2O5/c16-9-2-1-7(21(24)25)3-8(9)15(23)26-6-14(22)20-13-5-11(18)10(17)4-12(13)19/h1-5H,6H2,(H,20,22). The van der Waals surface area contributed by atoms with Crippen LogP contribution in [0.5, 0.6) is 0 Å². The van der Waals surface area contributed by atoms with Crippen LogP contribution in [0.4, 0.5) is 11.4 Å². The number of benzene rings is 2. The third kappa shape index (κ3) is 4.98. The molecule has 0 aliphatic carbocycles. The first-order valence-electron chi connectivity index (χ1n) is 6.74. The summed E-state index contributed by atoms with van der Waals surface area (Å²) < 4.78 is 4.81. The zero-order chi connectivity index (χ0) is 19.4. The first-order valence-corrected chi connectivity index (χ1v) is 8.25. The Morgan fingerprint density at radius 1 is 1.00 bits per heavy atom. The van der Waals surface area contributed by atoms with E-state index in [1.54, 1.807) is 0 Å². The molecule has 0 radical (unpaired) electrons. The average Bonchev–Trinajstić information content (AvgIpc) is 2.57. The van der Waals surface area contributed by atoms with Crippen LogP contribution in [0.1, 0.15) is 10.4 Å². The second-order valence-corrected chi connectivity index (χ2v) is 6.42. The summed E-state index contributed by atoms with van der Waals surface area (Å²) in [5.74, 6) is -1.70. The number of nitro groups is 1. The van der Waals surface area contributed by atoms with Crippen LogP contribution in [0.3, 0.4) is 0 Å². The molecule has 0 aromatic heterocycles. The van der Waals surface area contributed by atoms with Crippen molar-refractivity contribution in [1.82, 2.24) is 0 Å². The van der Waals surface area contributed by atoms with Crippen LogP contribution in [-0.4, -0.2) is 23.4 Å². The first kappa shape index (κ1) is 20.3.